The molecule has 0 aliphatic heterocycles. The molecule has 1 amide bonds. The highest BCUT2D eigenvalue weighted by molar-refractivity contribution is 7.09. The lowest BCUT2D eigenvalue weighted by atomic mass is 10.1. The number of thiazole rings is 1. The van der Waals surface area contributed by atoms with Crippen LogP contribution in [0.2, 0.25) is 0 Å². The maximum absolute atomic E-state index is 12.4. The second-order valence-electron chi connectivity index (χ2n) is 4.82. The van der Waals surface area contributed by atoms with Crippen LogP contribution in [0.4, 0.5) is 0 Å². The molecule has 0 unspecified atom stereocenters. The highest BCUT2D eigenvalue weighted by Gasteiger charge is 2.19. The second-order valence-corrected chi connectivity index (χ2v) is 6.49. The van der Waals surface area contributed by atoms with Gasteiger partial charge in [0.1, 0.15) is 11.3 Å². The Bertz CT molecular complexity index is 740. The van der Waals surface area contributed by atoms with Crippen LogP contribution in [-0.4, -0.2) is 20.9 Å². The zero-order chi connectivity index (χ0) is 15.4. The lowest BCUT2D eigenvalue weighted by Crippen LogP contribution is -2.30. The molecule has 0 spiro atoms. The number of carbonyl (C=O) groups is 1. The number of rotatable bonds is 5. The molecule has 0 aliphatic rings. The third-order valence-corrected chi connectivity index (χ3v) is 4.89. The average molecular weight is 330 g/mol. The first-order valence-electron chi connectivity index (χ1n) is 6.71. The Morgan fingerprint density at radius 1 is 1.32 bits per heavy atom. The van der Waals surface area contributed by atoms with Crippen LogP contribution < -0.4 is 5.32 Å². The maximum Gasteiger partial charge on any atom is 0.254 e. The average Bonchev–Trinajstić information content (AvgIpc) is 3.19. The molecule has 0 fully saturated rings. The van der Waals surface area contributed by atoms with Gasteiger partial charge < -0.3 is 5.32 Å². The number of aryl methyl sites for hydroxylation is 1. The van der Waals surface area contributed by atoms with Crippen molar-refractivity contribution >= 4 is 28.6 Å². The molecule has 7 heteroatoms. The van der Waals surface area contributed by atoms with Crippen molar-refractivity contribution in [2.45, 2.75) is 19.4 Å². The molecular formula is C15H14N4OS2. The van der Waals surface area contributed by atoms with Crippen LogP contribution in [0.3, 0.4) is 0 Å². The van der Waals surface area contributed by atoms with Gasteiger partial charge in [0.15, 0.2) is 0 Å². The van der Waals surface area contributed by atoms with Gasteiger partial charge in [-0.15, -0.1) is 11.3 Å². The Balaban J connectivity index is 1.80. The summed E-state index contributed by atoms with van der Waals surface area (Å²) in [6.45, 7) is 1.95. The number of nitrogens with one attached hydrogen (secondary N) is 1. The van der Waals surface area contributed by atoms with Gasteiger partial charge in [-0.3, -0.25) is 4.79 Å². The minimum absolute atomic E-state index is 0.152. The molecule has 3 aromatic heterocycles. The van der Waals surface area contributed by atoms with Gasteiger partial charge in [-0.05, 0) is 29.3 Å². The lowest BCUT2D eigenvalue weighted by molar-refractivity contribution is 0.0935. The van der Waals surface area contributed by atoms with E-state index in [1.54, 1.807) is 22.7 Å². The molecule has 0 radical (unpaired) electrons. The number of hydrogen-bond donors (Lipinski definition) is 1. The molecule has 1 atom stereocenters. The zero-order valence-corrected chi connectivity index (χ0v) is 13.5. The molecule has 3 rings (SSSR count). The van der Waals surface area contributed by atoms with Crippen LogP contribution in [0.5, 0.6) is 0 Å². The monoisotopic (exact) mass is 330 g/mol. The van der Waals surface area contributed by atoms with E-state index >= 15 is 0 Å². The first-order valence-corrected chi connectivity index (χ1v) is 8.53. The first-order chi connectivity index (χ1) is 10.7. The fraction of sp³-hybridized carbons (Fsp3) is 0.200. The normalized spacial score (nSPS) is 12.0. The van der Waals surface area contributed by atoms with Crippen molar-refractivity contribution in [1.82, 2.24) is 20.3 Å². The number of nitrogens with zero attached hydrogens (tertiary/aromatic N) is 3. The van der Waals surface area contributed by atoms with Crippen LogP contribution in [0.25, 0.3) is 0 Å². The van der Waals surface area contributed by atoms with Gasteiger partial charge in [0.05, 0.1) is 11.6 Å². The van der Waals surface area contributed by atoms with E-state index in [9.17, 15) is 4.79 Å². The second kappa shape index (κ2) is 6.76. The fourth-order valence-corrected chi connectivity index (χ4v) is 3.56. The first kappa shape index (κ1) is 14.8. The summed E-state index contributed by atoms with van der Waals surface area (Å²) >= 11 is 3.21. The molecular weight excluding hydrogens is 316 g/mol. The van der Waals surface area contributed by atoms with Crippen LogP contribution >= 0.6 is 22.7 Å². The molecule has 3 heterocycles. The Morgan fingerprint density at radius 2 is 2.14 bits per heavy atom. The van der Waals surface area contributed by atoms with Gasteiger partial charge in [-0.1, -0.05) is 0 Å². The van der Waals surface area contributed by atoms with E-state index in [0.717, 1.165) is 17.1 Å². The summed E-state index contributed by atoms with van der Waals surface area (Å²) in [4.78, 5) is 24.6. The SMILES string of the molecule is Cc1csc([C@@H](Cc2ccsc2)NC(=O)c2cncnc2)n1. The minimum atomic E-state index is -0.186. The van der Waals surface area contributed by atoms with Gasteiger partial charge in [0.2, 0.25) is 0 Å². The maximum atomic E-state index is 12.4. The summed E-state index contributed by atoms with van der Waals surface area (Å²) in [7, 11) is 0. The Kier molecular flexibility index (Phi) is 4.55. The van der Waals surface area contributed by atoms with Gasteiger partial charge in [0.25, 0.3) is 5.91 Å². The van der Waals surface area contributed by atoms with Gasteiger partial charge >= 0.3 is 0 Å². The van der Waals surface area contributed by atoms with Gasteiger partial charge in [-0.2, -0.15) is 11.3 Å². The topological polar surface area (TPSA) is 67.8 Å². The van der Waals surface area contributed by atoms with Crippen molar-refractivity contribution in [3.05, 3.63) is 62.8 Å². The zero-order valence-electron chi connectivity index (χ0n) is 11.9. The number of thiophene rings is 1. The van der Waals surface area contributed by atoms with Crippen molar-refractivity contribution in [1.29, 1.82) is 0 Å². The summed E-state index contributed by atoms with van der Waals surface area (Å²) in [5.41, 5.74) is 2.60. The molecule has 0 saturated heterocycles. The van der Waals surface area contributed by atoms with Crippen LogP contribution in [-0.2, 0) is 6.42 Å². The van der Waals surface area contributed by atoms with E-state index in [1.165, 1.54) is 24.3 Å². The molecule has 112 valence electrons. The van der Waals surface area contributed by atoms with Crippen molar-refractivity contribution in [2.75, 3.05) is 0 Å². The Labute approximate surface area is 136 Å². The fourth-order valence-electron chi connectivity index (χ4n) is 2.03. The highest BCUT2D eigenvalue weighted by atomic mass is 32.1. The van der Waals surface area contributed by atoms with Crippen molar-refractivity contribution in [3.63, 3.8) is 0 Å². The predicted octanol–water partition coefficient (Wildman–Crippen LogP) is 3.02. The Hall–Kier alpha value is -2.12. The summed E-state index contributed by atoms with van der Waals surface area (Å²) in [5.74, 6) is -0.186. The molecule has 1 N–H and O–H groups in total. The number of carbonyl (C=O) groups excluding carboxylic acids is 1. The van der Waals surface area contributed by atoms with E-state index in [2.05, 4.69) is 31.7 Å². The van der Waals surface area contributed by atoms with Crippen LogP contribution in [0, 0.1) is 6.92 Å². The lowest BCUT2D eigenvalue weighted by Gasteiger charge is -2.16. The van der Waals surface area contributed by atoms with Crippen molar-refractivity contribution in [2.24, 2.45) is 0 Å². The van der Waals surface area contributed by atoms with E-state index in [1.807, 2.05) is 17.7 Å². The molecule has 3 aromatic rings. The standard InChI is InChI=1S/C15H14N4OS2/c1-10-7-22-15(18-10)13(4-11-2-3-21-8-11)19-14(20)12-5-16-9-17-6-12/h2-3,5-9,13H,4H2,1H3,(H,19,20)/t13-/m1/s1. The Morgan fingerprint density at radius 3 is 2.77 bits per heavy atom. The van der Waals surface area contributed by atoms with Crippen molar-refractivity contribution in [3.8, 4) is 0 Å². The number of amides is 1. The molecule has 5 nitrogen and oxygen atoms in total. The smallest absolute Gasteiger partial charge is 0.254 e. The number of aromatic nitrogens is 3. The quantitative estimate of drug-likeness (QED) is 0.781. The van der Waals surface area contributed by atoms with E-state index < -0.39 is 0 Å². The molecule has 22 heavy (non-hydrogen) atoms. The highest BCUT2D eigenvalue weighted by Crippen LogP contribution is 2.23. The van der Waals surface area contributed by atoms with E-state index in [-0.39, 0.29) is 11.9 Å². The van der Waals surface area contributed by atoms with Gasteiger partial charge in [-0.25, -0.2) is 15.0 Å². The largest absolute Gasteiger partial charge is 0.342 e. The van der Waals surface area contributed by atoms with E-state index in [4.69, 9.17) is 0 Å². The van der Waals surface area contributed by atoms with E-state index in [0.29, 0.717) is 5.56 Å². The third kappa shape index (κ3) is 3.55. The molecule has 0 bridgehead atoms. The molecule has 0 aliphatic carbocycles. The molecule has 0 aromatic carbocycles. The predicted molar refractivity (Wildman–Crippen MR) is 87.1 cm³/mol. The third-order valence-electron chi connectivity index (χ3n) is 3.08. The minimum Gasteiger partial charge on any atom is -0.342 e. The summed E-state index contributed by atoms with van der Waals surface area (Å²) in [5, 5.41) is 10.1. The van der Waals surface area contributed by atoms with Crippen molar-refractivity contribution < 1.29 is 4.79 Å². The van der Waals surface area contributed by atoms with Gasteiger partial charge in [0, 0.05) is 29.9 Å². The summed E-state index contributed by atoms with van der Waals surface area (Å²) < 4.78 is 0. The summed E-state index contributed by atoms with van der Waals surface area (Å²) in [6.07, 6.45) is 5.15. The molecule has 0 saturated carbocycles. The summed E-state index contributed by atoms with van der Waals surface area (Å²) in [6, 6.07) is 1.91. The van der Waals surface area contributed by atoms with Crippen LogP contribution in [0.15, 0.2) is 40.9 Å². The van der Waals surface area contributed by atoms with Crippen LogP contribution in [0.1, 0.15) is 32.7 Å². The number of hydrogen-bond acceptors (Lipinski definition) is 6.